The van der Waals surface area contributed by atoms with Gasteiger partial charge in [0, 0.05) is 112 Å². The maximum atomic E-state index is 13.0. The lowest BCUT2D eigenvalue weighted by molar-refractivity contribution is 0.0937. The molecule has 0 bridgehead atoms. The number of rotatable bonds is 24. The molecular weight excluding hydrogens is 1080 g/mol. The van der Waals surface area contributed by atoms with Crippen molar-refractivity contribution < 1.29 is 56.0 Å². The van der Waals surface area contributed by atoms with Crippen LogP contribution < -0.4 is 41.7 Å². The molecule has 0 atom stereocenters. The third-order valence-corrected chi connectivity index (χ3v) is 14.3. The molecule has 4 aromatic carbocycles. The summed E-state index contributed by atoms with van der Waals surface area (Å²) in [5.74, 6) is -0.0652. The van der Waals surface area contributed by atoms with Gasteiger partial charge in [0.25, 0.3) is 32.1 Å². The van der Waals surface area contributed by atoms with E-state index in [0.29, 0.717) is 87.9 Å². The van der Waals surface area contributed by atoms with Crippen LogP contribution in [0.15, 0.2) is 94.7 Å². The van der Waals surface area contributed by atoms with Gasteiger partial charge in [-0.3, -0.25) is 28.5 Å². The van der Waals surface area contributed by atoms with E-state index in [1.54, 1.807) is 48.5 Å². The van der Waals surface area contributed by atoms with E-state index in [1.807, 2.05) is 9.80 Å². The highest BCUT2D eigenvalue weighted by atomic mass is 32.2. The monoisotopic (exact) mass is 1140 g/mol. The summed E-state index contributed by atoms with van der Waals surface area (Å²) >= 11 is 0. The fourth-order valence-corrected chi connectivity index (χ4v) is 9.88. The van der Waals surface area contributed by atoms with Gasteiger partial charge in [-0.1, -0.05) is 24.3 Å². The lowest BCUT2D eigenvalue weighted by atomic mass is 10.1. The van der Waals surface area contributed by atoms with Crippen molar-refractivity contribution in [3.63, 3.8) is 0 Å². The molecule has 0 spiro atoms. The topological polar surface area (TPSA) is 386 Å². The predicted octanol–water partition coefficient (Wildman–Crippen LogP) is 1.37. The molecule has 0 saturated carbocycles. The van der Waals surface area contributed by atoms with Gasteiger partial charge in [-0.05, 0) is 83.9 Å². The molecule has 0 unspecified atom stereocenters. The molecule has 8 rings (SSSR count). The Morgan fingerprint density at radius 2 is 0.775 bits per heavy atom. The van der Waals surface area contributed by atoms with E-state index in [2.05, 4.69) is 71.6 Å². The first kappa shape index (κ1) is 58.1. The number of hydrogen-bond donors (Lipinski definition) is 12. The number of aromatic nitrogens is 6. The Kier molecular flexibility index (Phi) is 19.4. The molecule has 30 heteroatoms. The number of piperazine rings is 2. The summed E-state index contributed by atoms with van der Waals surface area (Å²) in [6.45, 7) is 5.23. The predicted molar refractivity (Wildman–Crippen MR) is 297 cm³/mol. The van der Waals surface area contributed by atoms with Gasteiger partial charge < -0.3 is 62.1 Å². The molecule has 0 aliphatic carbocycles. The third-order valence-electron chi connectivity index (χ3n) is 12.5. The second-order valence-electron chi connectivity index (χ2n) is 18.1. The van der Waals surface area contributed by atoms with Crippen LogP contribution in [0, 0.1) is 0 Å². The fourth-order valence-electron chi connectivity index (χ4n) is 8.46. The molecule has 424 valence electrons. The second-order valence-corrected chi connectivity index (χ2v) is 20.9. The molecule has 2 fully saturated rings. The quantitative estimate of drug-likeness (QED) is 0.0301. The molecule has 6 aromatic rings. The van der Waals surface area contributed by atoms with E-state index < -0.39 is 30.0 Å². The number of hydrogen-bond acceptors (Lipinski definition) is 24. The van der Waals surface area contributed by atoms with E-state index in [4.69, 9.17) is 10.2 Å². The van der Waals surface area contributed by atoms with Crippen molar-refractivity contribution in [2.75, 3.05) is 136 Å². The SMILES string of the molecule is O=C(NCCO)c1ccc(Nc2nc(Nc3ccc(C=Cc4ccc(Nc5nc(Nc6ccc(C(=O)NCCO)cc6)nc(N6CCN(CCO)CC6)n5)cc4S(=O)(=O)O)c(S(=O)(=O)O)c3)nc(N3CCN(CCO)CC3)n2)cc1. The van der Waals surface area contributed by atoms with E-state index >= 15 is 0 Å². The Morgan fingerprint density at radius 3 is 1.09 bits per heavy atom. The zero-order chi connectivity index (χ0) is 56.8. The first-order chi connectivity index (χ1) is 38.5. The van der Waals surface area contributed by atoms with Crippen molar-refractivity contribution in [2.24, 2.45) is 0 Å². The number of anilines is 10. The van der Waals surface area contributed by atoms with Crippen molar-refractivity contribution in [2.45, 2.75) is 9.79 Å². The van der Waals surface area contributed by atoms with Crippen LogP contribution >= 0.6 is 0 Å². The Bertz CT molecular complexity index is 3160. The average Bonchev–Trinajstić information content (AvgIpc) is 3.49. The Balaban J connectivity index is 1.04. The van der Waals surface area contributed by atoms with Gasteiger partial charge in [0.15, 0.2) is 0 Å². The Morgan fingerprint density at radius 1 is 0.450 bits per heavy atom. The number of aliphatic hydroxyl groups is 4. The summed E-state index contributed by atoms with van der Waals surface area (Å²) in [5, 5.41) is 54.4. The van der Waals surface area contributed by atoms with Crippen molar-refractivity contribution in [3.05, 3.63) is 107 Å². The minimum absolute atomic E-state index is 0.00340. The van der Waals surface area contributed by atoms with Crippen LogP contribution in [0.2, 0.25) is 0 Å². The normalized spacial score (nSPS) is 14.5. The van der Waals surface area contributed by atoms with Crippen molar-refractivity contribution in [1.29, 1.82) is 0 Å². The van der Waals surface area contributed by atoms with Gasteiger partial charge in [0.05, 0.1) is 26.4 Å². The molecule has 2 amide bonds. The van der Waals surface area contributed by atoms with Crippen LogP contribution in [-0.4, -0.2) is 203 Å². The van der Waals surface area contributed by atoms with Gasteiger partial charge in [-0.25, -0.2) is 0 Å². The first-order valence-electron chi connectivity index (χ1n) is 25.1. The Hall–Kier alpha value is -8.04. The minimum atomic E-state index is -4.95. The van der Waals surface area contributed by atoms with Gasteiger partial charge in [0.1, 0.15) is 9.79 Å². The summed E-state index contributed by atoms with van der Waals surface area (Å²) in [5.41, 5.74) is 1.84. The number of carbonyl (C=O) groups excluding carboxylic acids is 2. The summed E-state index contributed by atoms with van der Waals surface area (Å²) in [7, 11) is -9.90. The van der Waals surface area contributed by atoms with E-state index in [-0.39, 0.29) is 110 Å². The zero-order valence-corrected chi connectivity index (χ0v) is 44.6. The maximum Gasteiger partial charge on any atom is 0.295 e. The summed E-state index contributed by atoms with van der Waals surface area (Å²) in [4.78, 5) is 59.2. The third kappa shape index (κ3) is 15.8. The molecule has 80 heavy (non-hydrogen) atoms. The van der Waals surface area contributed by atoms with Gasteiger partial charge in [0.2, 0.25) is 35.7 Å². The molecule has 2 aliphatic rings. The van der Waals surface area contributed by atoms with Crippen LogP contribution in [0.25, 0.3) is 12.2 Å². The number of nitrogens with zero attached hydrogens (tertiary/aromatic N) is 10. The molecular formula is C50H60N16O12S2. The molecule has 0 radical (unpaired) electrons. The molecule has 4 heterocycles. The average molecular weight is 1140 g/mol. The summed E-state index contributed by atoms with van der Waals surface area (Å²) in [6, 6.07) is 20.8. The van der Waals surface area contributed by atoms with Crippen LogP contribution in [0.3, 0.4) is 0 Å². The van der Waals surface area contributed by atoms with E-state index in [1.165, 1.54) is 36.4 Å². The number of aliphatic hydroxyl groups excluding tert-OH is 4. The maximum absolute atomic E-state index is 13.0. The van der Waals surface area contributed by atoms with Gasteiger partial charge in [-0.15, -0.1) is 0 Å². The van der Waals surface area contributed by atoms with E-state index in [9.17, 15) is 45.7 Å². The number of amides is 2. The van der Waals surface area contributed by atoms with Crippen LogP contribution in [0.4, 0.5) is 58.4 Å². The largest absolute Gasteiger partial charge is 0.395 e. The molecule has 2 aromatic heterocycles. The number of nitrogens with one attached hydrogen (secondary N) is 6. The van der Waals surface area contributed by atoms with Crippen LogP contribution in [-0.2, 0) is 20.2 Å². The van der Waals surface area contributed by atoms with Crippen LogP contribution in [0.5, 0.6) is 0 Å². The minimum Gasteiger partial charge on any atom is -0.395 e. The highest BCUT2D eigenvalue weighted by Crippen LogP contribution is 2.30. The second kappa shape index (κ2) is 26.7. The number of benzene rings is 4. The lowest BCUT2D eigenvalue weighted by Gasteiger charge is -2.34. The Labute approximate surface area is 460 Å². The van der Waals surface area contributed by atoms with Crippen molar-refractivity contribution >= 4 is 103 Å². The molecule has 2 aliphatic heterocycles. The smallest absolute Gasteiger partial charge is 0.295 e. The first-order valence-corrected chi connectivity index (χ1v) is 28.0. The fraction of sp³-hybridized carbons (Fsp3) is 0.320. The van der Waals surface area contributed by atoms with E-state index in [0.717, 1.165) is 12.1 Å². The number of carbonyl (C=O) groups is 2. The molecule has 2 saturated heterocycles. The molecule has 28 nitrogen and oxygen atoms in total. The van der Waals surface area contributed by atoms with Crippen molar-refractivity contribution in [3.8, 4) is 0 Å². The lowest BCUT2D eigenvalue weighted by Crippen LogP contribution is -2.47. The van der Waals surface area contributed by atoms with Crippen LogP contribution in [0.1, 0.15) is 31.8 Å². The summed E-state index contributed by atoms with van der Waals surface area (Å²) < 4.78 is 72.8. The van der Waals surface area contributed by atoms with Crippen molar-refractivity contribution in [1.82, 2.24) is 50.3 Å². The molecule has 12 N–H and O–H groups in total. The highest BCUT2D eigenvalue weighted by molar-refractivity contribution is 7.86. The summed E-state index contributed by atoms with van der Waals surface area (Å²) in [6.07, 6.45) is 2.49. The van der Waals surface area contributed by atoms with Gasteiger partial charge in [-0.2, -0.15) is 46.7 Å². The standard InChI is InChI=1S/C50H60N16O12S2/c67-27-15-51-43(71)35-5-9-37(10-6-35)53-45-57-47(61-49(59-45)65-21-17-63(18-22-65)25-29-69)55-39-13-3-33(41(31-39)79(73,74)75)1-2-34-4-14-40(32-42(34)80(76,77)78)56-48-58-46(54-38-11-7-36(8-12-38)44(72)52-16-28-68)60-50(62-48)66-23-19-64(20-24-66)26-30-70/h1-14,31-32,67-70H,15-30H2,(H,51,71)(H,52,72)(H,73,74,75)(H,76,77,78)(H2,53,55,57,59,61)(H2,54,56,58,60,62). The highest BCUT2D eigenvalue weighted by Gasteiger charge is 2.24. The van der Waals surface area contributed by atoms with Gasteiger partial charge >= 0.3 is 0 Å². The zero-order valence-electron chi connectivity index (χ0n) is 43.0. The number of β-amino-alcohol motifs (C(OH)–C–C–N with tert-alkyl or cyclic N) is 2.